The maximum atomic E-state index is 12.1. The molecule has 0 radical (unpaired) electrons. The van der Waals surface area contributed by atoms with Crippen molar-refractivity contribution in [2.45, 2.75) is 6.42 Å². The summed E-state index contributed by atoms with van der Waals surface area (Å²) in [6.07, 6.45) is 3.59. The minimum atomic E-state index is -1.04. The van der Waals surface area contributed by atoms with E-state index in [-0.39, 0.29) is 17.9 Å². The summed E-state index contributed by atoms with van der Waals surface area (Å²) in [5.74, 6) is -1.24. The number of hydrazone groups is 1. The Bertz CT molecular complexity index is 763. The maximum absolute atomic E-state index is 12.1. The third-order valence-electron chi connectivity index (χ3n) is 3.15. The fraction of sp³-hybridized carbons (Fsp3) is 0.143. The van der Waals surface area contributed by atoms with Crippen molar-refractivity contribution in [2.24, 2.45) is 12.1 Å². The first-order valence-corrected chi connectivity index (χ1v) is 6.27. The molecule has 0 unspecified atom stereocenters. The summed E-state index contributed by atoms with van der Waals surface area (Å²) >= 11 is 0. The number of amides is 1. The first-order valence-electron chi connectivity index (χ1n) is 6.27. The number of carbonyl (C=O) groups excluding carboxylic acids is 1. The second-order valence-corrected chi connectivity index (χ2v) is 4.69. The number of carboxylic acids is 1. The molecule has 7 nitrogen and oxygen atoms in total. The van der Waals surface area contributed by atoms with Crippen LogP contribution in [0.3, 0.4) is 0 Å². The van der Waals surface area contributed by atoms with Crippen LogP contribution < -0.4 is 5.01 Å². The van der Waals surface area contributed by atoms with Crippen molar-refractivity contribution >= 4 is 23.3 Å². The summed E-state index contributed by atoms with van der Waals surface area (Å²) in [5.41, 5.74) is 1.96. The van der Waals surface area contributed by atoms with Gasteiger partial charge >= 0.3 is 5.97 Å². The van der Waals surface area contributed by atoms with Crippen LogP contribution in [0.4, 0.5) is 5.69 Å². The molecular weight excluding hydrogens is 272 g/mol. The molecule has 0 saturated carbocycles. The summed E-state index contributed by atoms with van der Waals surface area (Å²) in [6.45, 7) is 0. The molecule has 106 valence electrons. The zero-order chi connectivity index (χ0) is 15.0. The normalized spacial score (nSPS) is 14.4. The summed E-state index contributed by atoms with van der Waals surface area (Å²) in [6, 6.07) is 6.14. The van der Waals surface area contributed by atoms with Crippen LogP contribution in [0.2, 0.25) is 0 Å². The minimum absolute atomic E-state index is 0.116. The molecule has 0 aliphatic carbocycles. The standard InChI is InChI=1S/C14H12N4O3/c1-17-8-10(7-15-17)12-6-13(19)18(16-12)11-4-2-3-9(5-11)14(20)21/h2-5,7-8H,6H2,1H3,(H,20,21). The number of aryl methyl sites for hydroxylation is 1. The van der Waals surface area contributed by atoms with E-state index >= 15 is 0 Å². The van der Waals surface area contributed by atoms with Crippen LogP contribution >= 0.6 is 0 Å². The van der Waals surface area contributed by atoms with Crippen LogP contribution in [0.5, 0.6) is 0 Å². The van der Waals surface area contributed by atoms with Crippen molar-refractivity contribution < 1.29 is 14.7 Å². The topological polar surface area (TPSA) is 87.8 Å². The second kappa shape index (κ2) is 4.86. The van der Waals surface area contributed by atoms with Gasteiger partial charge in [0.2, 0.25) is 0 Å². The molecule has 1 aliphatic rings. The molecule has 1 amide bonds. The molecule has 0 bridgehead atoms. The van der Waals surface area contributed by atoms with E-state index in [0.717, 1.165) is 5.56 Å². The number of aromatic carboxylic acids is 1. The van der Waals surface area contributed by atoms with Gasteiger partial charge in [0, 0.05) is 18.8 Å². The monoisotopic (exact) mass is 284 g/mol. The van der Waals surface area contributed by atoms with Crippen molar-refractivity contribution in [1.82, 2.24) is 9.78 Å². The Morgan fingerprint density at radius 2 is 2.19 bits per heavy atom. The fourth-order valence-electron chi connectivity index (χ4n) is 2.13. The molecular formula is C14H12N4O3. The van der Waals surface area contributed by atoms with Gasteiger partial charge in [0.15, 0.2) is 0 Å². The van der Waals surface area contributed by atoms with E-state index in [4.69, 9.17) is 5.11 Å². The predicted octanol–water partition coefficient (Wildman–Crippen LogP) is 1.26. The number of anilines is 1. The Labute approximate surface area is 120 Å². The van der Waals surface area contributed by atoms with Crippen LogP contribution in [0.1, 0.15) is 22.3 Å². The van der Waals surface area contributed by atoms with Gasteiger partial charge < -0.3 is 5.11 Å². The zero-order valence-corrected chi connectivity index (χ0v) is 11.2. The molecule has 2 aromatic rings. The Morgan fingerprint density at radius 3 is 2.86 bits per heavy atom. The number of hydrogen-bond acceptors (Lipinski definition) is 4. The van der Waals surface area contributed by atoms with E-state index in [1.54, 1.807) is 36.3 Å². The van der Waals surface area contributed by atoms with E-state index in [1.165, 1.54) is 17.1 Å². The van der Waals surface area contributed by atoms with Crippen LogP contribution in [0.15, 0.2) is 41.8 Å². The zero-order valence-electron chi connectivity index (χ0n) is 11.2. The molecule has 1 aromatic carbocycles. The average Bonchev–Trinajstić information content (AvgIpc) is 3.05. The number of hydrogen-bond donors (Lipinski definition) is 1. The van der Waals surface area contributed by atoms with Gasteiger partial charge in [-0.2, -0.15) is 10.2 Å². The maximum Gasteiger partial charge on any atom is 0.335 e. The summed E-state index contributed by atoms with van der Waals surface area (Å²) in [5, 5.41) is 18.6. The average molecular weight is 284 g/mol. The molecule has 3 rings (SSSR count). The highest BCUT2D eigenvalue weighted by Crippen LogP contribution is 2.23. The Hall–Kier alpha value is -2.96. The molecule has 0 saturated heterocycles. The van der Waals surface area contributed by atoms with E-state index < -0.39 is 5.97 Å². The number of rotatable bonds is 3. The number of benzene rings is 1. The van der Waals surface area contributed by atoms with Crippen molar-refractivity contribution in [1.29, 1.82) is 0 Å². The fourth-order valence-corrected chi connectivity index (χ4v) is 2.13. The van der Waals surface area contributed by atoms with Crippen LogP contribution in [0, 0.1) is 0 Å². The molecule has 1 N–H and O–H groups in total. The number of carboxylic acid groups (broad SMARTS) is 1. The van der Waals surface area contributed by atoms with E-state index in [1.807, 2.05) is 0 Å². The van der Waals surface area contributed by atoms with Crippen LogP contribution in [0.25, 0.3) is 0 Å². The third-order valence-corrected chi connectivity index (χ3v) is 3.15. The van der Waals surface area contributed by atoms with Gasteiger partial charge in [-0.1, -0.05) is 6.07 Å². The van der Waals surface area contributed by atoms with Gasteiger partial charge in [0.25, 0.3) is 5.91 Å². The number of aromatic nitrogens is 2. The summed E-state index contributed by atoms with van der Waals surface area (Å²) in [7, 11) is 1.79. The van der Waals surface area contributed by atoms with Crippen molar-refractivity contribution in [3.05, 3.63) is 47.8 Å². The van der Waals surface area contributed by atoms with Crippen molar-refractivity contribution in [3.8, 4) is 0 Å². The van der Waals surface area contributed by atoms with Crippen LogP contribution in [-0.2, 0) is 11.8 Å². The first kappa shape index (κ1) is 13.0. The van der Waals surface area contributed by atoms with Gasteiger partial charge in [-0.3, -0.25) is 9.48 Å². The summed E-state index contributed by atoms with van der Waals surface area (Å²) < 4.78 is 1.63. The largest absolute Gasteiger partial charge is 0.478 e. The molecule has 0 fully saturated rings. The molecule has 0 spiro atoms. The molecule has 1 aromatic heterocycles. The Balaban J connectivity index is 1.95. The van der Waals surface area contributed by atoms with Gasteiger partial charge in [-0.25, -0.2) is 9.80 Å². The lowest BCUT2D eigenvalue weighted by Gasteiger charge is -2.11. The summed E-state index contributed by atoms with van der Waals surface area (Å²) in [4.78, 5) is 23.1. The number of carbonyl (C=O) groups is 2. The molecule has 7 heteroatoms. The first-order chi connectivity index (χ1) is 10.0. The SMILES string of the molecule is Cn1cc(C2=NN(c3cccc(C(=O)O)c3)C(=O)C2)cn1. The lowest BCUT2D eigenvalue weighted by Crippen LogP contribution is -2.19. The van der Waals surface area contributed by atoms with E-state index in [2.05, 4.69) is 10.2 Å². The van der Waals surface area contributed by atoms with Gasteiger partial charge in [-0.15, -0.1) is 0 Å². The predicted molar refractivity (Wildman–Crippen MR) is 75.2 cm³/mol. The lowest BCUT2D eigenvalue weighted by atomic mass is 10.1. The highest BCUT2D eigenvalue weighted by atomic mass is 16.4. The molecule has 2 heterocycles. The quantitative estimate of drug-likeness (QED) is 0.919. The van der Waals surface area contributed by atoms with Crippen molar-refractivity contribution in [2.75, 3.05) is 5.01 Å². The van der Waals surface area contributed by atoms with Gasteiger partial charge in [-0.05, 0) is 18.2 Å². The number of nitrogens with zero attached hydrogens (tertiary/aromatic N) is 4. The molecule has 1 aliphatic heterocycles. The van der Waals surface area contributed by atoms with Gasteiger partial charge in [0.1, 0.15) is 0 Å². The van der Waals surface area contributed by atoms with Crippen LogP contribution in [-0.4, -0.2) is 32.5 Å². The highest BCUT2D eigenvalue weighted by molar-refractivity contribution is 6.19. The highest BCUT2D eigenvalue weighted by Gasteiger charge is 2.27. The minimum Gasteiger partial charge on any atom is -0.478 e. The van der Waals surface area contributed by atoms with Gasteiger partial charge in [0.05, 0.1) is 29.6 Å². The third kappa shape index (κ3) is 2.40. The molecule has 0 atom stereocenters. The second-order valence-electron chi connectivity index (χ2n) is 4.69. The van der Waals surface area contributed by atoms with E-state index in [0.29, 0.717) is 11.4 Å². The smallest absolute Gasteiger partial charge is 0.335 e. The van der Waals surface area contributed by atoms with Crippen molar-refractivity contribution in [3.63, 3.8) is 0 Å². The Kier molecular flexibility index (Phi) is 3.02. The van der Waals surface area contributed by atoms with E-state index in [9.17, 15) is 9.59 Å². The lowest BCUT2D eigenvalue weighted by molar-refractivity contribution is -0.116. The Morgan fingerprint density at radius 1 is 1.38 bits per heavy atom. The molecule has 21 heavy (non-hydrogen) atoms.